The molecule has 0 N–H and O–H groups in total. The molecule has 2 atom stereocenters. The molecule has 8 heteroatoms. The number of unbranched alkanes of at least 4 members (excludes halogenated alkanes) is 21. The Hall–Kier alpha value is -2.19. The lowest BCUT2D eigenvalue weighted by atomic mass is 10.0. The lowest BCUT2D eigenvalue weighted by molar-refractivity contribution is -0.889. The Morgan fingerprint density at radius 1 is 0.585 bits per heavy atom. The number of carboxylic acids is 1. The van der Waals surface area contributed by atoms with Crippen molar-refractivity contribution in [3.05, 3.63) is 24.3 Å². The second-order valence-electron chi connectivity index (χ2n) is 15.9. The van der Waals surface area contributed by atoms with Crippen molar-refractivity contribution < 1.29 is 38.2 Å². The van der Waals surface area contributed by atoms with Crippen molar-refractivity contribution in [3.8, 4) is 0 Å². The number of aliphatic carboxylic acids is 1. The van der Waals surface area contributed by atoms with E-state index in [1.165, 1.54) is 109 Å². The van der Waals surface area contributed by atoms with Crippen molar-refractivity contribution in [2.24, 2.45) is 0 Å². The summed E-state index contributed by atoms with van der Waals surface area (Å²) < 4.78 is 17.1. The number of esters is 2. The van der Waals surface area contributed by atoms with E-state index in [0.717, 1.165) is 51.4 Å². The molecule has 0 bridgehead atoms. The van der Waals surface area contributed by atoms with Crippen LogP contribution in [0, 0.1) is 0 Å². The Balaban J connectivity index is 4.23. The fraction of sp³-hybridized carbons (Fsp3) is 0.844. The highest BCUT2D eigenvalue weighted by Crippen LogP contribution is 2.16. The molecule has 0 aliphatic heterocycles. The van der Waals surface area contributed by atoms with Crippen LogP contribution in [0.1, 0.15) is 194 Å². The molecule has 0 aliphatic rings. The van der Waals surface area contributed by atoms with Crippen LogP contribution >= 0.6 is 0 Å². The third kappa shape index (κ3) is 35.3. The fourth-order valence-electron chi connectivity index (χ4n) is 6.46. The summed E-state index contributed by atoms with van der Waals surface area (Å²) in [6, 6.07) is -0.726. The number of ether oxygens (including phenoxy) is 3. The molecule has 0 aromatic heterocycles. The lowest BCUT2D eigenvalue weighted by Crippen LogP contribution is -2.55. The summed E-state index contributed by atoms with van der Waals surface area (Å²) in [7, 11) is 5.40. The highest BCUT2D eigenvalue weighted by atomic mass is 16.6. The Labute approximate surface area is 326 Å². The van der Waals surface area contributed by atoms with Crippen molar-refractivity contribution >= 4 is 17.9 Å². The van der Waals surface area contributed by atoms with Gasteiger partial charge >= 0.3 is 11.9 Å². The van der Waals surface area contributed by atoms with Gasteiger partial charge in [-0.1, -0.05) is 160 Å². The number of carboxylic acid groups (broad SMARTS) is 1. The maximum absolute atomic E-state index is 12.7. The van der Waals surface area contributed by atoms with Gasteiger partial charge < -0.3 is 28.6 Å². The van der Waals surface area contributed by atoms with E-state index in [2.05, 4.69) is 38.2 Å². The van der Waals surface area contributed by atoms with Gasteiger partial charge in [0.1, 0.15) is 12.6 Å². The summed E-state index contributed by atoms with van der Waals surface area (Å²) >= 11 is 0. The number of carbonyl (C=O) groups is 3. The van der Waals surface area contributed by atoms with E-state index in [1.807, 2.05) is 0 Å². The Bertz CT molecular complexity index is 926. The van der Waals surface area contributed by atoms with Gasteiger partial charge in [0.15, 0.2) is 6.10 Å². The van der Waals surface area contributed by atoms with E-state index in [-0.39, 0.29) is 42.7 Å². The van der Waals surface area contributed by atoms with Crippen LogP contribution in [0.2, 0.25) is 0 Å². The van der Waals surface area contributed by atoms with E-state index in [9.17, 15) is 19.5 Å². The maximum Gasteiger partial charge on any atom is 0.306 e. The lowest BCUT2D eigenvalue weighted by Gasteiger charge is -2.34. The second-order valence-corrected chi connectivity index (χ2v) is 15.9. The third-order valence-electron chi connectivity index (χ3n) is 9.85. The first kappa shape index (κ1) is 50.8. The van der Waals surface area contributed by atoms with E-state index in [1.54, 1.807) is 21.1 Å². The van der Waals surface area contributed by atoms with Crippen LogP contribution in [0.25, 0.3) is 0 Å². The molecule has 0 aliphatic carbocycles. The summed E-state index contributed by atoms with van der Waals surface area (Å²) in [5, 5.41) is 11.6. The number of hydrogen-bond donors (Lipinski definition) is 0. The number of rotatable bonds is 39. The van der Waals surface area contributed by atoms with Crippen molar-refractivity contribution in [1.29, 1.82) is 0 Å². The molecule has 0 radical (unpaired) electrons. The predicted octanol–water partition coefficient (Wildman–Crippen LogP) is 10.4. The average molecular weight is 750 g/mol. The standard InChI is InChI=1S/C45H83NO7/c1-6-8-10-12-14-16-17-18-19-20-21-22-23-24-25-26-28-30-32-34-36-44(48)53-41(39-51-38-37-42(45(49)50)46(3,4)5)40-52-43(47)35-33-31-29-27-15-13-11-9-7-2/h9,11,15,27,41-42H,6-8,10,12-14,16-26,28-40H2,1-5H3/b11-9+,27-15+. The van der Waals surface area contributed by atoms with Crippen LogP contribution in [-0.2, 0) is 28.6 Å². The van der Waals surface area contributed by atoms with Gasteiger partial charge in [-0.15, -0.1) is 0 Å². The SMILES string of the molecule is CC/C=C/C/C=C/CCCCC(=O)OCC(COCCC(C(=O)[O-])[N+](C)(C)C)OC(=O)CCCCCCCCCCCCCCCCCCCCCC. The van der Waals surface area contributed by atoms with Crippen LogP contribution in [0.15, 0.2) is 24.3 Å². The number of nitrogens with zero attached hydrogens (tertiary/aromatic N) is 1. The highest BCUT2D eigenvalue weighted by Gasteiger charge is 2.25. The summed E-state index contributed by atoms with van der Waals surface area (Å²) in [5.41, 5.74) is 0. The number of likely N-dealkylation sites (N-methyl/N-ethyl adjacent to an activating group) is 1. The summed E-state index contributed by atoms with van der Waals surface area (Å²) in [6.07, 6.45) is 39.4. The predicted molar refractivity (Wildman–Crippen MR) is 217 cm³/mol. The van der Waals surface area contributed by atoms with E-state index in [0.29, 0.717) is 12.8 Å². The van der Waals surface area contributed by atoms with Crippen LogP contribution in [-0.4, -0.2) is 75.5 Å². The van der Waals surface area contributed by atoms with E-state index < -0.39 is 18.1 Å². The van der Waals surface area contributed by atoms with Gasteiger partial charge in [0, 0.05) is 19.3 Å². The molecule has 0 saturated heterocycles. The monoisotopic (exact) mass is 750 g/mol. The van der Waals surface area contributed by atoms with Crippen LogP contribution in [0.3, 0.4) is 0 Å². The average Bonchev–Trinajstić information content (AvgIpc) is 3.11. The first-order chi connectivity index (χ1) is 25.6. The number of allylic oxidation sites excluding steroid dienone is 4. The van der Waals surface area contributed by atoms with Gasteiger partial charge in [-0.05, 0) is 38.5 Å². The van der Waals surface area contributed by atoms with Crippen LogP contribution in [0.4, 0.5) is 0 Å². The number of quaternary nitrogens is 1. The van der Waals surface area contributed by atoms with Gasteiger partial charge in [-0.3, -0.25) is 9.59 Å². The topological polar surface area (TPSA) is 102 Å². The minimum Gasteiger partial charge on any atom is -0.544 e. The zero-order chi connectivity index (χ0) is 39.3. The smallest absolute Gasteiger partial charge is 0.306 e. The summed E-state index contributed by atoms with van der Waals surface area (Å²) in [4.78, 5) is 36.7. The molecule has 0 heterocycles. The van der Waals surface area contributed by atoms with Gasteiger partial charge in [0.2, 0.25) is 0 Å². The molecule has 0 spiro atoms. The molecule has 0 aromatic carbocycles. The van der Waals surface area contributed by atoms with Gasteiger partial charge in [0.05, 0.1) is 40.3 Å². The molecule has 0 amide bonds. The van der Waals surface area contributed by atoms with Gasteiger partial charge in [-0.2, -0.15) is 0 Å². The van der Waals surface area contributed by atoms with Crippen molar-refractivity contribution in [2.45, 2.75) is 206 Å². The molecule has 0 rings (SSSR count). The minimum absolute atomic E-state index is 0.0342. The van der Waals surface area contributed by atoms with Crippen molar-refractivity contribution in [1.82, 2.24) is 0 Å². The van der Waals surface area contributed by atoms with Gasteiger partial charge in [-0.25, -0.2) is 0 Å². The molecular formula is C45H83NO7. The molecule has 8 nitrogen and oxygen atoms in total. The summed E-state index contributed by atoms with van der Waals surface area (Å²) in [5.74, 6) is -1.77. The van der Waals surface area contributed by atoms with Crippen molar-refractivity contribution in [2.75, 3.05) is 41.0 Å². The van der Waals surface area contributed by atoms with Crippen LogP contribution in [0.5, 0.6) is 0 Å². The van der Waals surface area contributed by atoms with Crippen LogP contribution < -0.4 is 5.11 Å². The molecule has 310 valence electrons. The van der Waals surface area contributed by atoms with E-state index in [4.69, 9.17) is 14.2 Å². The normalized spacial score (nSPS) is 13.2. The first-order valence-electron chi connectivity index (χ1n) is 21.9. The van der Waals surface area contributed by atoms with E-state index >= 15 is 0 Å². The third-order valence-corrected chi connectivity index (χ3v) is 9.85. The molecular weight excluding hydrogens is 666 g/mol. The highest BCUT2D eigenvalue weighted by molar-refractivity contribution is 5.70. The Morgan fingerprint density at radius 3 is 1.55 bits per heavy atom. The number of carbonyl (C=O) groups excluding carboxylic acids is 3. The quantitative estimate of drug-likeness (QED) is 0.0267. The summed E-state index contributed by atoms with van der Waals surface area (Å²) in [6.45, 7) is 4.52. The number of hydrogen-bond acceptors (Lipinski definition) is 7. The van der Waals surface area contributed by atoms with Crippen molar-refractivity contribution in [3.63, 3.8) is 0 Å². The zero-order valence-electron chi connectivity index (χ0n) is 35.2. The molecule has 53 heavy (non-hydrogen) atoms. The zero-order valence-corrected chi connectivity index (χ0v) is 35.2. The molecule has 0 aromatic rings. The first-order valence-corrected chi connectivity index (χ1v) is 21.9. The maximum atomic E-state index is 12.7. The Morgan fingerprint density at radius 2 is 1.06 bits per heavy atom. The minimum atomic E-state index is -1.13. The van der Waals surface area contributed by atoms with Gasteiger partial charge in [0.25, 0.3) is 0 Å². The second kappa shape index (κ2) is 36.8. The molecule has 0 saturated carbocycles. The molecule has 0 fully saturated rings. The molecule has 2 unspecified atom stereocenters. The fourth-order valence-corrected chi connectivity index (χ4v) is 6.46. The largest absolute Gasteiger partial charge is 0.544 e. The Kier molecular flexibility index (Phi) is 35.2.